The lowest BCUT2D eigenvalue weighted by Crippen LogP contribution is -2.49. The zero-order chi connectivity index (χ0) is 25.2. The van der Waals surface area contributed by atoms with Crippen LogP contribution in [-0.2, 0) is 5.41 Å². The normalized spacial score (nSPS) is 26.5. The highest BCUT2D eigenvalue weighted by atomic mass is 28.1. The van der Waals surface area contributed by atoms with Gasteiger partial charge in [0.05, 0.1) is 22.0 Å². The summed E-state index contributed by atoms with van der Waals surface area (Å²) in [5, 5.41) is 13.6. The number of carbonyl (C=O) groups is 1. The van der Waals surface area contributed by atoms with Gasteiger partial charge in [0, 0.05) is 22.1 Å². The molecule has 6 nitrogen and oxygen atoms in total. The molecule has 7 heteroatoms. The highest BCUT2D eigenvalue weighted by Crippen LogP contribution is 2.63. The molecule has 0 spiro atoms. The summed E-state index contributed by atoms with van der Waals surface area (Å²) < 4.78 is 12.2. The number of nitrogens with zero attached hydrogens (tertiary/aromatic N) is 2. The average molecular weight is 503 g/mol. The van der Waals surface area contributed by atoms with Crippen LogP contribution < -0.4 is 4.74 Å². The van der Waals surface area contributed by atoms with E-state index in [1.54, 1.807) is 24.3 Å². The van der Waals surface area contributed by atoms with E-state index >= 15 is 0 Å². The number of carboxylic acid groups (broad SMARTS) is 1. The van der Waals surface area contributed by atoms with E-state index in [9.17, 15) is 9.90 Å². The Balaban J connectivity index is 1.48. The summed E-state index contributed by atoms with van der Waals surface area (Å²) in [6.45, 7) is 6.55. The predicted octanol–water partition coefficient (Wildman–Crippen LogP) is 5.20. The van der Waals surface area contributed by atoms with Crippen molar-refractivity contribution in [2.75, 3.05) is 6.23 Å². The molecule has 1 aromatic heterocycles. The minimum absolute atomic E-state index is 0.192. The largest absolute Gasteiger partial charge is 0.498 e. The van der Waals surface area contributed by atoms with Crippen molar-refractivity contribution in [1.29, 1.82) is 0 Å². The first-order valence-electron chi connectivity index (χ1n) is 13.2. The molecule has 3 aromatic rings. The van der Waals surface area contributed by atoms with Crippen molar-refractivity contribution in [3.8, 4) is 28.6 Å². The molecule has 0 radical (unpaired) electrons. The lowest BCUT2D eigenvalue weighted by atomic mass is 9.47. The van der Waals surface area contributed by atoms with Crippen molar-refractivity contribution >= 4 is 16.2 Å². The molecule has 36 heavy (non-hydrogen) atoms. The minimum Gasteiger partial charge on any atom is -0.498 e. The second-order valence-corrected chi connectivity index (χ2v) is 12.0. The molecule has 2 aromatic carbocycles. The van der Waals surface area contributed by atoms with Crippen LogP contribution in [-0.4, -0.2) is 37.7 Å². The van der Waals surface area contributed by atoms with Gasteiger partial charge in [0.15, 0.2) is 0 Å². The van der Waals surface area contributed by atoms with Gasteiger partial charge in [-0.05, 0) is 118 Å². The number of aromatic nitrogens is 2. The number of hydrogen-bond donors (Lipinski definition) is 1. The van der Waals surface area contributed by atoms with Gasteiger partial charge in [-0.15, -0.1) is 0 Å². The topological polar surface area (TPSA) is 85.5 Å². The van der Waals surface area contributed by atoms with Crippen molar-refractivity contribution in [2.24, 2.45) is 17.8 Å². The highest BCUT2D eigenvalue weighted by molar-refractivity contribution is 6.08. The minimum atomic E-state index is -0.955. The van der Waals surface area contributed by atoms with Gasteiger partial charge in [-0.1, -0.05) is 5.16 Å². The molecule has 0 saturated heterocycles. The van der Waals surface area contributed by atoms with Crippen LogP contribution in [0.25, 0.3) is 22.8 Å². The zero-order valence-electron chi connectivity index (χ0n) is 21.6. The Kier molecular flexibility index (Phi) is 5.59. The maximum absolute atomic E-state index is 11.2. The summed E-state index contributed by atoms with van der Waals surface area (Å²) in [6.07, 6.45) is 8.81. The maximum atomic E-state index is 11.2. The third-order valence-electron chi connectivity index (χ3n) is 9.14. The van der Waals surface area contributed by atoms with Crippen LogP contribution in [0.4, 0.5) is 0 Å². The molecular weight excluding hydrogens is 468 g/mol. The Morgan fingerprint density at radius 1 is 1.03 bits per heavy atom. The Labute approximate surface area is 214 Å². The summed E-state index contributed by atoms with van der Waals surface area (Å²) in [7, 11) is 0.998. The van der Waals surface area contributed by atoms with Gasteiger partial charge < -0.3 is 14.4 Å². The molecule has 4 fully saturated rings. The maximum Gasteiger partial charge on any atom is 0.335 e. The molecule has 7 rings (SSSR count). The molecule has 4 aliphatic rings. The van der Waals surface area contributed by atoms with Crippen LogP contribution in [0.2, 0.25) is 0 Å². The number of carboxylic acids is 1. The fraction of sp³-hybridized carbons (Fsp3) is 0.483. The molecule has 4 bridgehead atoms. The summed E-state index contributed by atoms with van der Waals surface area (Å²) >= 11 is 0. The summed E-state index contributed by atoms with van der Waals surface area (Å²) in [6, 6.07) is 6.56. The van der Waals surface area contributed by atoms with E-state index in [0.717, 1.165) is 51.1 Å². The molecule has 1 N–H and O–H groups in total. The SMILES string of the molecule is Cc1c(C)c(-c2noc(-c3ccc(C(=O)O)cc3)n2)c(C)c(C23CC4CC(CC(C4)C2)C3)c1OC[SiH3]. The van der Waals surface area contributed by atoms with Crippen molar-refractivity contribution in [2.45, 2.75) is 64.7 Å². The van der Waals surface area contributed by atoms with E-state index in [4.69, 9.17) is 14.2 Å². The fourth-order valence-electron chi connectivity index (χ4n) is 8.04. The van der Waals surface area contributed by atoms with Gasteiger partial charge in [0.1, 0.15) is 5.75 Å². The second-order valence-electron chi connectivity index (χ2n) is 11.4. The van der Waals surface area contributed by atoms with E-state index < -0.39 is 5.97 Å². The van der Waals surface area contributed by atoms with Gasteiger partial charge in [-0.3, -0.25) is 0 Å². The summed E-state index contributed by atoms with van der Waals surface area (Å²) in [5.41, 5.74) is 7.16. The number of rotatable bonds is 6. The first kappa shape index (κ1) is 23.5. The molecule has 0 aliphatic heterocycles. The summed E-state index contributed by atoms with van der Waals surface area (Å²) in [5.74, 6) is 3.67. The number of ether oxygens (including phenoxy) is 1. The number of benzene rings is 2. The van der Waals surface area contributed by atoms with Crippen LogP contribution in [0.1, 0.15) is 71.1 Å². The zero-order valence-corrected chi connectivity index (χ0v) is 23.6. The number of hydrogen-bond acceptors (Lipinski definition) is 5. The Morgan fingerprint density at radius 2 is 1.64 bits per heavy atom. The van der Waals surface area contributed by atoms with Crippen molar-refractivity contribution < 1.29 is 19.2 Å². The first-order valence-corrected chi connectivity index (χ1v) is 14.7. The van der Waals surface area contributed by atoms with Crippen LogP contribution in [0.15, 0.2) is 28.8 Å². The van der Waals surface area contributed by atoms with E-state index in [1.165, 1.54) is 55.2 Å². The molecule has 188 valence electrons. The third kappa shape index (κ3) is 3.62. The van der Waals surface area contributed by atoms with Gasteiger partial charge in [0.25, 0.3) is 5.89 Å². The summed E-state index contributed by atoms with van der Waals surface area (Å²) in [4.78, 5) is 16.0. The smallest absolute Gasteiger partial charge is 0.335 e. The van der Waals surface area contributed by atoms with E-state index in [1.807, 2.05) is 0 Å². The highest BCUT2D eigenvalue weighted by Gasteiger charge is 2.53. The lowest BCUT2D eigenvalue weighted by molar-refractivity contribution is -0.00653. The van der Waals surface area contributed by atoms with Gasteiger partial charge >= 0.3 is 5.97 Å². The van der Waals surface area contributed by atoms with E-state index in [0.29, 0.717) is 17.3 Å². The Hall–Kier alpha value is -2.93. The van der Waals surface area contributed by atoms with Crippen molar-refractivity contribution in [3.63, 3.8) is 0 Å². The fourth-order valence-corrected chi connectivity index (χ4v) is 8.32. The van der Waals surface area contributed by atoms with Gasteiger partial charge in [0.2, 0.25) is 5.82 Å². The Bertz CT molecular complexity index is 1310. The molecule has 0 unspecified atom stereocenters. The molecule has 0 atom stereocenters. The van der Waals surface area contributed by atoms with E-state index in [2.05, 4.69) is 25.9 Å². The molecule has 4 saturated carbocycles. The van der Waals surface area contributed by atoms with Crippen molar-refractivity contribution in [3.05, 3.63) is 52.1 Å². The lowest BCUT2D eigenvalue weighted by Gasteiger charge is -2.57. The van der Waals surface area contributed by atoms with Crippen LogP contribution in [0, 0.1) is 38.5 Å². The molecule has 0 amide bonds. The van der Waals surface area contributed by atoms with E-state index in [-0.39, 0.29) is 11.0 Å². The average Bonchev–Trinajstić information content (AvgIpc) is 3.31. The van der Waals surface area contributed by atoms with Gasteiger partial charge in [-0.25, -0.2) is 4.79 Å². The Morgan fingerprint density at radius 3 is 2.19 bits per heavy atom. The monoisotopic (exact) mass is 502 g/mol. The van der Waals surface area contributed by atoms with Crippen LogP contribution >= 0.6 is 0 Å². The molecule has 1 heterocycles. The third-order valence-corrected chi connectivity index (χ3v) is 9.43. The van der Waals surface area contributed by atoms with Crippen LogP contribution in [0.3, 0.4) is 0 Å². The standard InChI is InChI=1S/C29H34N2O4Si/c1-15-16(2)25(34-14-36)24(29-11-18-8-19(12-29)10-20(9-18)13-29)17(3)23(15)26-30-27(35-31-26)21-4-6-22(7-5-21)28(32)33/h4-7,18-20H,8-14H2,1-3,36H3,(H,32,33). The quantitative estimate of drug-likeness (QED) is 0.467. The second kappa shape index (κ2) is 8.58. The van der Waals surface area contributed by atoms with Crippen LogP contribution in [0.5, 0.6) is 5.75 Å². The predicted molar refractivity (Wildman–Crippen MR) is 142 cm³/mol. The van der Waals surface area contributed by atoms with Gasteiger partial charge in [-0.2, -0.15) is 4.98 Å². The number of aromatic carboxylic acids is 1. The first-order chi connectivity index (χ1) is 17.3. The van der Waals surface area contributed by atoms with Crippen molar-refractivity contribution in [1.82, 2.24) is 10.1 Å². The molecule has 4 aliphatic carbocycles. The molecular formula is C29H34N2O4Si.